The topological polar surface area (TPSA) is 52.0 Å². The summed E-state index contributed by atoms with van der Waals surface area (Å²) in [6.45, 7) is 6.85. The van der Waals surface area contributed by atoms with Gasteiger partial charge in [0.25, 0.3) is 0 Å². The molecule has 4 rings (SSSR count). The minimum Gasteiger partial charge on any atom is -0.399 e. The molecule has 0 heterocycles. The summed E-state index contributed by atoms with van der Waals surface area (Å²) in [5.74, 6) is 1.23. The molecule has 0 saturated heterocycles. The number of hydrogen-bond donors (Lipinski definition) is 2. The van der Waals surface area contributed by atoms with Crippen LogP contribution in [0.15, 0.2) is 97.1 Å². The Hall–Kier alpha value is -3.52. The first-order valence-corrected chi connectivity index (χ1v) is 16.9. The van der Waals surface area contributed by atoms with Crippen LogP contribution in [0.5, 0.6) is 0 Å². The third-order valence-corrected chi connectivity index (χ3v) is 9.20. The summed E-state index contributed by atoms with van der Waals surface area (Å²) in [4.78, 5) is 0. The molecular formula is C41H54N2. The molecule has 228 valence electrons. The molecule has 2 nitrogen and oxygen atoms in total. The number of unbranched alkanes of at least 4 members (excludes halogenated alkanes) is 5. The van der Waals surface area contributed by atoms with Gasteiger partial charge in [0.2, 0.25) is 0 Å². The first-order valence-electron chi connectivity index (χ1n) is 16.9. The molecule has 43 heavy (non-hydrogen) atoms. The predicted octanol–water partition coefficient (Wildman–Crippen LogP) is 11.6. The number of benzene rings is 4. The highest BCUT2D eigenvalue weighted by molar-refractivity contribution is 5.45. The number of nitrogens with two attached hydrogens (primary N) is 2. The van der Waals surface area contributed by atoms with Gasteiger partial charge in [-0.15, -0.1) is 0 Å². The highest BCUT2D eigenvalue weighted by Crippen LogP contribution is 2.36. The average Bonchev–Trinajstić information content (AvgIpc) is 3.04. The van der Waals surface area contributed by atoms with Crippen molar-refractivity contribution in [2.24, 2.45) is 0 Å². The molecule has 0 amide bonds. The van der Waals surface area contributed by atoms with Gasteiger partial charge in [-0.3, -0.25) is 0 Å². The highest BCUT2D eigenvalue weighted by atomic mass is 14.5. The molecule has 0 aliphatic carbocycles. The van der Waals surface area contributed by atoms with Gasteiger partial charge in [0.05, 0.1) is 0 Å². The second-order valence-corrected chi connectivity index (χ2v) is 12.5. The number of nitrogen functional groups attached to an aromatic ring is 2. The second-order valence-electron chi connectivity index (χ2n) is 12.5. The first kappa shape index (κ1) is 32.4. The molecule has 0 bridgehead atoms. The smallest absolute Gasteiger partial charge is 0.0314 e. The van der Waals surface area contributed by atoms with E-state index in [1.54, 1.807) is 0 Å². The van der Waals surface area contributed by atoms with Gasteiger partial charge in [-0.1, -0.05) is 145 Å². The summed E-state index contributed by atoms with van der Waals surface area (Å²) >= 11 is 0. The monoisotopic (exact) mass is 574 g/mol. The van der Waals surface area contributed by atoms with Crippen molar-refractivity contribution in [3.05, 3.63) is 130 Å². The van der Waals surface area contributed by atoms with E-state index in [2.05, 4.69) is 93.6 Å². The van der Waals surface area contributed by atoms with E-state index in [4.69, 9.17) is 11.5 Å². The van der Waals surface area contributed by atoms with E-state index in [0.29, 0.717) is 17.8 Å². The van der Waals surface area contributed by atoms with Crippen LogP contribution < -0.4 is 11.5 Å². The van der Waals surface area contributed by atoms with E-state index in [9.17, 15) is 0 Å². The van der Waals surface area contributed by atoms with Crippen LogP contribution in [0.1, 0.15) is 143 Å². The molecule has 0 radical (unpaired) electrons. The van der Waals surface area contributed by atoms with Gasteiger partial charge < -0.3 is 11.5 Å². The molecule has 0 spiro atoms. The van der Waals surface area contributed by atoms with Gasteiger partial charge in [-0.05, 0) is 76.9 Å². The van der Waals surface area contributed by atoms with Crippen molar-refractivity contribution < 1.29 is 0 Å². The Morgan fingerprint density at radius 1 is 0.349 bits per heavy atom. The lowest BCUT2D eigenvalue weighted by atomic mass is 9.82. The van der Waals surface area contributed by atoms with Crippen LogP contribution >= 0.6 is 0 Å². The maximum absolute atomic E-state index is 6.02. The molecule has 0 aliphatic rings. The molecule has 0 saturated carbocycles. The highest BCUT2D eigenvalue weighted by Gasteiger charge is 2.19. The second kappa shape index (κ2) is 16.9. The minimum absolute atomic E-state index is 0.410. The average molecular weight is 575 g/mol. The van der Waals surface area contributed by atoms with E-state index in [-0.39, 0.29) is 0 Å². The van der Waals surface area contributed by atoms with Gasteiger partial charge in [-0.2, -0.15) is 0 Å². The number of rotatable bonds is 17. The molecule has 4 aromatic rings. The number of anilines is 2. The van der Waals surface area contributed by atoms with Crippen molar-refractivity contribution in [3.8, 4) is 0 Å². The van der Waals surface area contributed by atoms with Crippen molar-refractivity contribution in [1.82, 2.24) is 0 Å². The lowest BCUT2D eigenvalue weighted by molar-refractivity contribution is 0.616. The summed E-state index contributed by atoms with van der Waals surface area (Å²) in [5, 5.41) is 0. The standard InChI is InChI=1S/C41H54N2/c1-4-7-10-13-40(35-23-27-37(42)28-24-35)33-19-15-31(16-20-33)39(12-9-6-3)32-17-21-34(22-18-32)41(14-11-8-5-2)36-25-29-38(43)30-26-36/h15-30,39-41H,4-14,42-43H2,1-3H3. The molecule has 4 aromatic carbocycles. The van der Waals surface area contributed by atoms with Crippen LogP contribution in [0.25, 0.3) is 0 Å². The third kappa shape index (κ3) is 9.23. The van der Waals surface area contributed by atoms with Crippen molar-refractivity contribution >= 4 is 11.4 Å². The molecule has 2 atom stereocenters. The van der Waals surface area contributed by atoms with Crippen LogP contribution in [-0.2, 0) is 0 Å². The molecule has 4 N–H and O–H groups in total. The predicted molar refractivity (Wildman–Crippen MR) is 188 cm³/mol. The van der Waals surface area contributed by atoms with Crippen LogP contribution in [0.3, 0.4) is 0 Å². The maximum Gasteiger partial charge on any atom is 0.0314 e. The van der Waals surface area contributed by atoms with Crippen LogP contribution in [0.4, 0.5) is 11.4 Å². The lowest BCUT2D eigenvalue weighted by Gasteiger charge is -2.23. The SMILES string of the molecule is CCCCCC(c1ccc(N)cc1)c1ccc(C(CCCC)c2ccc(C(CCCCC)c3ccc(N)cc3)cc2)cc1. The van der Waals surface area contributed by atoms with Gasteiger partial charge in [0, 0.05) is 29.1 Å². The zero-order valence-electron chi connectivity index (χ0n) is 26.9. The van der Waals surface area contributed by atoms with Crippen molar-refractivity contribution in [2.45, 2.75) is 109 Å². The summed E-state index contributed by atoms with van der Waals surface area (Å²) in [5.41, 5.74) is 22.1. The number of hydrogen-bond acceptors (Lipinski definition) is 2. The zero-order valence-corrected chi connectivity index (χ0v) is 26.9. The van der Waals surface area contributed by atoms with Gasteiger partial charge >= 0.3 is 0 Å². The molecule has 0 aliphatic heterocycles. The Morgan fingerprint density at radius 2 is 0.581 bits per heavy atom. The quantitative estimate of drug-likeness (QED) is 0.0973. The fraction of sp³-hybridized carbons (Fsp3) is 0.415. The Balaban J connectivity index is 1.59. The van der Waals surface area contributed by atoms with Crippen molar-refractivity contribution in [3.63, 3.8) is 0 Å². The van der Waals surface area contributed by atoms with Crippen LogP contribution in [-0.4, -0.2) is 0 Å². The summed E-state index contributed by atoms with van der Waals surface area (Å²) in [7, 11) is 0. The first-order chi connectivity index (χ1) is 21.0. The Bertz CT molecular complexity index is 1220. The molecule has 0 fully saturated rings. The lowest BCUT2D eigenvalue weighted by Crippen LogP contribution is -2.06. The third-order valence-electron chi connectivity index (χ3n) is 9.20. The fourth-order valence-corrected chi connectivity index (χ4v) is 6.56. The van der Waals surface area contributed by atoms with Gasteiger partial charge in [0.1, 0.15) is 0 Å². The fourth-order valence-electron chi connectivity index (χ4n) is 6.56. The van der Waals surface area contributed by atoms with E-state index in [1.165, 1.54) is 104 Å². The Morgan fingerprint density at radius 3 is 0.837 bits per heavy atom. The van der Waals surface area contributed by atoms with Crippen LogP contribution in [0.2, 0.25) is 0 Å². The van der Waals surface area contributed by atoms with E-state index in [0.717, 1.165) is 11.4 Å². The Kier molecular flexibility index (Phi) is 12.8. The van der Waals surface area contributed by atoms with E-state index in [1.807, 2.05) is 24.3 Å². The molecule has 0 aromatic heterocycles. The minimum atomic E-state index is 0.410. The van der Waals surface area contributed by atoms with E-state index < -0.39 is 0 Å². The van der Waals surface area contributed by atoms with Gasteiger partial charge in [0.15, 0.2) is 0 Å². The summed E-state index contributed by atoms with van der Waals surface area (Å²) in [6, 6.07) is 36.2. The van der Waals surface area contributed by atoms with Crippen LogP contribution in [0, 0.1) is 0 Å². The summed E-state index contributed by atoms with van der Waals surface area (Å²) < 4.78 is 0. The maximum atomic E-state index is 6.02. The van der Waals surface area contributed by atoms with Crippen molar-refractivity contribution in [2.75, 3.05) is 11.5 Å². The largest absolute Gasteiger partial charge is 0.399 e. The molecule has 2 unspecified atom stereocenters. The van der Waals surface area contributed by atoms with Crippen molar-refractivity contribution in [1.29, 1.82) is 0 Å². The zero-order chi connectivity index (χ0) is 30.4. The van der Waals surface area contributed by atoms with E-state index >= 15 is 0 Å². The van der Waals surface area contributed by atoms with Gasteiger partial charge in [-0.25, -0.2) is 0 Å². The summed E-state index contributed by atoms with van der Waals surface area (Å²) in [6.07, 6.45) is 13.5. The molecular weight excluding hydrogens is 520 g/mol. The molecule has 2 heteroatoms. The normalized spacial score (nSPS) is 13.5. The Labute approximate surface area is 261 Å².